The molecular formula is C24H18FN3O3. The summed E-state index contributed by atoms with van der Waals surface area (Å²) in [4.78, 5) is 12.4. The van der Waals surface area contributed by atoms with Crippen molar-refractivity contribution in [3.63, 3.8) is 0 Å². The van der Waals surface area contributed by atoms with Crippen molar-refractivity contribution < 1.29 is 18.7 Å². The first-order valence-electron chi connectivity index (χ1n) is 9.73. The highest BCUT2D eigenvalue weighted by Crippen LogP contribution is 2.32. The molecule has 1 aliphatic rings. The Balaban J connectivity index is 1.35. The van der Waals surface area contributed by atoms with E-state index in [2.05, 4.69) is 15.1 Å². The molecular weight excluding hydrogens is 397 g/mol. The molecule has 0 aliphatic carbocycles. The Hall–Kier alpha value is -4.13. The molecule has 0 unspecified atom stereocenters. The van der Waals surface area contributed by atoms with Crippen molar-refractivity contribution in [2.45, 2.75) is 6.54 Å². The van der Waals surface area contributed by atoms with Gasteiger partial charge in [-0.25, -0.2) is 9.82 Å². The number of hydrogen-bond donors (Lipinski definition) is 1. The lowest BCUT2D eigenvalue weighted by Crippen LogP contribution is -2.17. The van der Waals surface area contributed by atoms with Crippen molar-refractivity contribution in [3.05, 3.63) is 95.4 Å². The minimum absolute atomic E-state index is 0.153. The SMILES string of the molecule is O=C(N/N=C\c1cn(Cc2ccc(F)cc2)c2ccccc12)c1ccc2c(c1)OCO2. The van der Waals surface area contributed by atoms with Crippen LogP contribution in [0.2, 0.25) is 0 Å². The minimum Gasteiger partial charge on any atom is -0.454 e. The van der Waals surface area contributed by atoms with Gasteiger partial charge in [-0.3, -0.25) is 4.79 Å². The van der Waals surface area contributed by atoms with Gasteiger partial charge in [-0.05, 0) is 42.0 Å². The van der Waals surface area contributed by atoms with E-state index in [0.717, 1.165) is 22.0 Å². The van der Waals surface area contributed by atoms with Gasteiger partial charge in [-0.15, -0.1) is 0 Å². The van der Waals surface area contributed by atoms with Crippen molar-refractivity contribution in [1.82, 2.24) is 9.99 Å². The van der Waals surface area contributed by atoms with Gasteiger partial charge >= 0.3 is 0 Å². The third kappa shape index (κ3) is 3.85. The number of halogens is 1. The van der Waals surface area contributed by atoms with Gasteiger partial charge in [0.2, 0.25) is 6.79 Å². The molecule has 3 aromatic carbocycles. The number of ether oxygens (including phenoxy) is 2. The van der Waals surface area contributed by atoms with E-state index in [9.17, 15) is 9.18 Å². The number of carbonyl (C=O) groups is 1. The second kappa shape index (κ2) is 7.95. The number of fused-ring (bicyclic) bond motifs is 2. The number of rotatable bonds is 5. The second-order valence-corrected chi connectivity index (χ2v) is 7.12. The van der Waals surface area contributed by atoms with E-state index in [-0.39, 0.29) is 18.5 Å². The molecule has 0 radical (unpaired) electrons. The highest BCUT2D eigenvalue weighted by Gasteiger charge is 2.16. The second-order valence-electron chi connectivity index (χ2n) is 7.12. The lowest BCUT2D eigenvalue weighted by Gasteiger charge is -2.05. The number of hydrazone groups is 1. The summed E-state index contributed by atoms with van der Waals surface area (Å²) < 4.78 is 25.8. The molecule has 1 N–H and O–H groups in total. The number of benzene rings is 3. The van der Waals surface area contributed by atoms with Crippen LogP contribution in [0.25, 0.3) is 10.9 Å². The lowest BCUT2D eigenvalue weighted by atomic mass is 10.2. The van der Waals surface area contributed by atoms with E-state index in [1.807, 2.05) is 30.5 Å². The molecule has 0 atom stereocenters. The molecule has 7 heteroatoms. The summed E-state index contributed by atoms with van der Waals surface area (Å²) in [6.07, 6.45) is 3.58. The summed E-state index contributed by atoms with van der Waals surface area (Å²) in [5.41, 5.74) is 5.86. The molecule has 0 saturated heterocycles. The summed E-state index contributed by atoms with van der Waals surface area (Å²) >= 11 is 0. The molecule has 2 heterocycles. The Morgan fingerprint density at radius 2 is 1.87 bits per heavy atom. The summed E-state index contributed by atoms with van der Waals surface area (Å²) in [5.74, 6) is 0.561. The quantitative estimate of drug-likeness (QED) is 0.390. The van der Waals surface area contributed by atoms with E-state index in [4.69, 9.17) is 9.47 Å². The van der Waals surface area contributed by atoms with Crippen molar-refractivity contribution in [2.75, 3.05) is 6.79 Å². The average molecular weight is 415 g/mol. The van der Waals surface area contributed by atoms with Crippen LogP contribution in [0, 0.1) is 5.82 Å². The van der Waals surface area contributed by atoms with Crippen LogP contribution in [0.1, 0.15) is 21.5 Å². The molecule has 4 aromatic rings. The monoisotopic (exact) mass is 415 g/mol. The van der Waals surface area contributed by atoms with Crippen molar-refractivity contribution in [3.8, 4) is 11.5 Å². The van der Waals surface area contributed by atoms with Crippen molar-refractivity contribution in [1.29, 1.82) is 0 Å². The van der Waals surface area contributed by atoms with Crippen molar-refractivity contribution >= 4 is 23.0 Å². The Morgan fingerprint density at radius 1 is 1.06 bits per heavy atom. The van der Waals surface area contributed by atoms with E-state index in [0.29, 0.717) is 23.6 Å². The van der Waals surface area contributed by atoms with Gasteiger partial charge in [0.05, 0.1) is 6.21 Å². The predicted molar refractivity (Wildman–Crippen MR) is 115 cm³/mol. The van der Waals surface area contributed by atoms with Gasteiger partial charge in [0.15, 0.2) is 11.5 Å². The summed E-state index contributed by atoms with van der Waals surface area (Å²) in [6, 6.07) is 19.4. The third-order valence-corrected chi connectivity index (χ3v) is 5.09. The standard InChI is InChI=1S/C24H18FN3O3/c25-19-8-5-16(6-9-19)13-28-14-18(20-3-1-2-4-21(20)28)12-26-27-24(29)17-7-10-22-23(11-17)31-15-30-22/h1-12,14H,13,15H2,(H,27,29)/b26-12-. The maximum Gasteiger partial charge on any atom is 0.271 e. The normalized spacial score (nSPS) is 12.5. The molecule has 0 bridgehead atoms. The first-order valence-corrected chi connectivity index (χ1v) is 9.73. The van der Waals surface area contributed by atoms with Gasteiger partial charge in [-0.2, -0.15) is 5.10 Å². The molecule has 1 aromatic heterocycles. The zero-order valence-electron chi connectivity index (χ0n) is 16.4. The molecule has 1 amide bonds. The molecule has 0 fully saturated rings. The molecule has 0 saturated carbocycles. The van der Waals surface area contributed by atoms with Gasteiger partial charge in [0.1, 0.15) is 5.82 Å². The fourth-order valence-corrected chi connectivity index (χ4v) is 3.56. The Bertz CT molecular complexity index is 1300. The number of aromatic nitrogens is 1. The van der Waals surface area contributed by atoms with Crippen LogP contribution in [0.15, 0.2) is 78.0 Å². The van der Waals surface area contributed by atoms with Crippen LogP contribution in [-0.2, 0) is 6.54 Å². The lowest BCUT2D eigenvalue weighted by molar-refractivity contribution is 0.0954. The van der Waals surface area contributed by atoms with Crippen LogP contribution in [0.3, 0.4) is 0 Å². The highest BCUT2D eigenvalue weighted by molar-refractivity contribution is 6.00. The number of carbonyl (C=O) groups excluding carboxylic acids is 1. The maximum atomic E-state index is 13.2. The Kier molecular flexibility index (Phi) is 4.84. The van der Waals surface area contributed by atoms with E-state index < -0.39 is 0 Å². The van der Waals surface area contributed by atoms with Crippen molar-refractivity contribution in [2.24, 2.45) is 5.10 Å². The van der Waals surface area contributed by atoms with Crippen LogP contribution < -0.4 is 14.9 Å². The number of amides is 1. The zero-order valence-corrected chi connectivity index (χ0v) is 16.4. The Labute approximate surface area is 177 Å². The third-order valence-electron chi connectivity index (χ3n) is 5.09. The van der Waals surface area contributed by atoms with E-state index in [1.165, 1.54) is 12.1 Å². The first-order chi connectivity index (χ1) is 15.2. The largest absolute Gasteiger partial charge is 0.454 e. The van der Waals surface area contributed by atoms with Crippen LogP contribution in [-0.4, -0.2) is 23.5 Å². The van der Waals surface area contributed by atoms with Crippen LogP contribution in [0.5, 0.6) is 11.5 Å². The Morgan fingerprint density at radius 3 is 2.74 bits per heavy atom. The van der Waals surface area contributed by atoms with E-state index >= 15 is 0 Å². The predicted octanol–water partition coefficient (Wildman–Crippen LogP) is 4.32. The molecule has 1 aliphatic heterocycles. The van der Waals surface area contributed by atoms with Gasteiger partial charge < -0.3 is 14.0 Å². The molecule has 6 nitrogen and oxygen atoms in total. The number of para-hydroxylation sites is 1. The maximum absolute atomic E-state index is 13.2. The number of hydrogen-bond acceptors (Lipinski definition) is 4. The summed E-state index contributed by atoms with van der Waals surface area (Å²) in [6.45, 7) is 0.749. The number of nitrogens with zero attached hydrogens (tertiary/aromatic N) is 2. The van der Waals surface area contributed by atoms with E-state index in [1.54, 1.807) is 36.5 Å². The molecule has 5 rings (SSSR count). The van der Waals surface area contributed by atoms with Crippen LogP contribution in [0.4, 0.5) is 4.39 Å². The average Bonchev–Trinajstić information content (AvgIpc) is 3.40. The topological polar surface area (TPSA) is 64.9 Å². The number of nitrogens with one attached hydrogen (secondary N) is 1. The van der Waals surface area contributed by atoms with Gasteiger partial charge in [0, 0.05) is 34.8 Å². The fourth-order valence-electron chi connectivity index (χ4n) is 3.56. The molecule has 31 heavy (non-hydrogen) atoms. The highest BCUT2D eigenvalue weighted by atomic mass is 19.1. The summed E-state index contributed by atoms with van der Waals surface area (Å²) in [7, 11) is 0. The first kappa shape index (κ1) is 18.9. The van der Waals surface area contributed by atoms with Gasteiger partial charge in [0.25, 0.3) is 5.91 Å². The van der Waals surface area contributed by atoms with Gasteiger partial charge in [-0.1, -0.05) is 30.3 Å². The molecule has 0 spiro atoms. The summed E-state index contributed by atoms with van der Waals surface area (Å²) in [5, 5.41) is 5.14. The minimum atomic E-state index is -0.343. The van der Waals surface area contributed by atoms with Crippen LogP contribution >= 0.6 is 0 Å². The smallest absolute Gasteiger partial charge is 0.271 e. The zero-order chi connectivity index (χ0) is 21.2. The fraction of sp³-hybridized carbons (Fsp3) is 0.0833. The molecule has 154 valence electrons.